The largest absolute Gasteiger partial charge is 0.374 e. The van der Waals surface area contributed by atoms with Crippen LogP contribution in [-0.4, -0.2) is 66.6 Å². The Kier molecular flexibility index (Phi) is 10.6. The summed E-state index contributed by atoms with van der Waals surface area (Å²) >= 11 is 0. The molecule has 1 unspecified atom stereocenters. The zero-order valence-electron chi connectivity index (χ0n) is 18.3. The molecule has 0 aliphatic carbocycles. The van der Waals surface area contributed by atoms with E-state index >= 15 is 0 Å². The van der Waals surface area contributed by atoms with E-state index in [2.05, 4.69) is 63.7 Å². The van der Waals surface area contributed by atoms with Gasteiger partial charge in [-0.3, -0.25) is 14.6 Å². The van der Waals surface area contributed by atoms with Crippen molar-refractivity contribution in [3.05, 3.63) is 53.9 Å². The fourth-order valence-corrected chi connectivity index (χ4v) is 3.62. The first-order valence-corrected chi connectivity index (χ1v) is 10.5. The highest BCUT2D eigenvalue weighted by Gasteiger charge is 2.21. The summed E-state index contributed by atoms with van der Waals surface area (Å²) in [6.07, 6.45) is 3.98. The van der Waals surface area contributed by atoms with Crippen molar-refractivity contribution in [3.8, 4) is 0 Å². The third-order valence-electron chi connectivity index (χ3n) is 4.92. The van der Waals surface area contributed by atoms with Gasteiger partial charge in [-0.25, -0.2) is 0 Å². The number of nitrogens with one attached hydrogen (secondary N) is 2. The second-order valence-electron chi connectivity index (χ2n) is 7.98. The highest BCUT2D eigenvalue weighted by atomic mass is 127. The van der Waals surface area contributed by atoms with Crippen molar-refractivity contribution < 1.29 is 4.74 Å². The van der Waals surface area contributed by atoms with E-state index in [1.54, 1.807) is 13.2 Å². The first-order chi connectivity index (χ1) is 14.1. The van der Waals surface area contributed by atoms with Crippen molar-refractivity contribution in [2.75, 3.05) is 39.8 Å². The van der Waals surface area contributed by atoms with Crippen molar-refractivity contribution in [1.82, 2.24) is 25.3 Å². The van der Waals surface area contributed by atoms with Gasteiger partial charge in [-0.15, -0.1) is 24.0 Å². The predicted molar refractivity (Wildman–Crippen MR) is 132 cm³/mol. The van der Waals surface area contributed by atoms with Crippen LogP contribution < -0.4 is 10.6 Å². The summed E-state index contributed by atoms with van der Waals surface area (Å²) in [7, 11) is 1.80. The van der Waals surface area contributed by atoms with Crippen LogP contribution in [0.1, 0.15) is 25.0 Å². The minimum atomic E-state index is 0. The first-order valence-electron chi connectivity index (χ1n) is 10.5. The molecule has 1 aromatic heterocycles. The fraction of sp³-hybridized carbons (Fsp3) is 0.545. The van der Waals surface area contributed by atoms with Crippen molar-refractivity contribution in [2.24, 2.45) is 10.9 Å². The van der Waals surface area contributed by atoms with Crippen molar-refractivity contribution in [2.45, 2.75) is 33.0 Å². The number of rotatable bonds is 8. The molecule has 3 rings (SSSR count). The van der Waals surface area contributed by atoms with Crippen LogP contribution in [0.2, 0.25) is 0 Å². The molecular formula is C22H35IN6O. The lowest BCUT2D eigenvalue weighted by molar-refractivity contribution is -0.0284. The summed E-state index contributed by atoms with van der Waals surface area (Å²) in [6, 6.07) is 10.5. The number of ether oxygens (including phenoxy) is 1. The van der Waals surface area contributed by atoms with Gasteiger partial charge in [0, 0.05) is 52.2 Å². The van der Waals surface area contributed by atoms with Crippen LogP contribution in [0.5, 0.6) is 0 Å². The molecule has 2 N–H and O–H groups in total. The Balaban J connectivity index is 0.00000320. The minimum Gasteiger partial charge on any atom is -0.374 e. The SMILES string of the molecule is CN=C(NCc1cccc(Cn2cccn2)c1)NCC1CN(CC(C)C)CCO1.I. The molecule has 1 aromatic carbocycles. The van der Waals surface area contributed by atoms with E-state index in [9.17, 15) is 0 Å². The number of aliphatic imine (C=N–C) groups is 1. The second kappa shape index (κ2) is 12.9. The molecule has 2 aromatic rings. The van der Waals surface area contributed by atoms with Gasteiger partial charge in [0.25, 0.3) is 0 Å². The molecule has 1 saturated heterocycles. The van der Waals surface area contributed by atoms with Gasteiger partial charge in [0.1, 0.15) is 0 Å². The molecule has 0 amide bonds. The molecular weight excluding hydrogens is 491 g/mol. The van der Waals surface area contributed by atoms with Gasteiger partial charge in [-0.05, 0) is 23.1 Å². The summed E-state index contributed by atoms with van der Waals surface area (Å²) in [6.45, 7) is 10.7. The number of aromatic nitrogens is 2. The van der Waals surface area contributed by atoms with Crippen molar-refractivity contribution in [1.29, 1.82) is 0 Å². The Bertz CT molecular complexity index is 765. The highest BCUT2D eigenvalue weighted by molar-refractivity contribution is 14.0. The number of hydrogen-bond donors (Lipinski definition) is 2. The number of hydrogen-bond acceptors (Lipinski definition) is 4. The third kappa shape index (κ3) is 8.23. The van der Waals surface area contributed by atoms with Crippen LogP contribution >= 0.6 is 24.0 Å². The molecule has 7 nitrogen and oxygen atoms in total. The molecule has 30 heavy (non-hydrogen) atoms. The van der Waals surface area contributed by atoms with E-state index in [-0.39, 0.29) is 30.1 Å². The van der Waals surface area contributed by atoms with Crippen LogP contribution in [-0.2, 0) is 17.8 Å². The van der Waals surface area contributed by atoms with Crippen molar-refractivity contribution in [3.63, 3.8) is 0 Å². The monoisotopic (exact) mass is 526 g/mol. The summed E-state index contributed by atoms with van der Waals surface area (Å²) in [5, 5.41) is 11.1. The quantitative estimate of drug-likeness (QED) is 0.315. The molecule has 1 fully saturated rings. The van der Waals surface area contributed by atoms with E-state index in [1.807, 2.05) is 16.9 Å². The maximum Gasteiger partial charge on any atom is 0.191 e. The number of nitrogens with zero attached hydrogens (tertiary/aromatic N) is 4. The lowest BCUT2D eigenvalue weighted by atomic mass is 10.1. The van der Waals surface area contributed by atoms with Crippen LogP contribution in [0.3, 0.4) is 0 Å². The molecule has 0 saturated carbocycles. The van der Waals surface area contributed by atoms with Gasteiger partial charge in [-0.1, -0.05) is 38.1 Å². The average Bonchev–Trinajstić information content (AvgIpc) is 3.21. The van der Waals surface area contributed by atoms with Crippen LogP contribution in [0.25, 0.3) is 0 Å². The third-order valence-corrected chi connectivity index (χ3v) is 4.92. The molecule has 0 bridgehead atoms. The number of morpholine rings is 1. The molecule has 0 radical (unpaired) electrons. The molecule has 166 valence electrons. The van der Waals surface area contributed by atoms with Gasteiger partial charge in [0.15, 0.2) is 5.96 Å². The topological polar surface area (TPSA) is 66.7 Å². The standard InChI is InChI=1S/C22H34N6O.HI/c1-18(2)15-27-10-11-29-21(17-27)14-25-22(23-3)24-13-19-6-4-7-20(12-19)16-28-9-5-8-26-28;/h4-9,12,18,21H,10-11,13-17H2,1-3H3,(H2,23,24,25);1H. The minimum absolute atomic E-state index is 0. The highest BCUT2D eigenvalue weighted by Crippen LogP contribution is 2.08. The van der Waals surface area contributed by atoms with Gasteiger partial charge in [0.05, 0.1) is 19.3 Å². The first kappa shape index (κ1) is 24.6. The summed E-state index contributed by atoms with van der Waals surface area (Å²) in [4.78, 5) is 6.84. The molecule has 8 heteroatoms. The van der Waals surface area contributed by atoms with Gasteiger partial charge < -0.3 is 15.4 Å². The lowest BCUT2D eigenvalue weighted by Crippen LogP contribution is -2.50. The Hall–Kier alpha value is -1.65. The normalized spacial score (nSPS) is 17.6. The Morgan fingerprint density at radius 2 is 2.10 bits per heavy atom. The number of halogens is 1. The van der Waals surface area contributed by atoms with Gasteiger partial charge in [-0.2, -0.15) is 5.10 Å². The average molecular weight is 526 g/mol. The predicted octanol–water partition coefficient (Wildman–Crippen LogP) is 2.57. The van der Waals surface area contributed by atoms with Crippen molar-refractivity contribution >= 4 is 29.9 Å². The van der Waals surface area contributed by atoms with E-state index in [4.69, 9.17) is 4.74 Å². The fourth-order valence-electron chi connectivity index (χ4n) is 3.62. The van der Waals surface area contributed by atoms with Gasteiger partial charge >= 0.3 is 0 Å². The zero-order chi connectivity index (χ0) is 20.5. The van der Waals surface area contributed by atoms with E-state index < -0.39 is 0 Å². The molecule has 0 spiro atoms. The van der Waals surface area contributed by atoms with E-state index in [0.717, 1.165) is 51.8 Å². The zero-order valence-corrected chi connectivity index (χ0v) is 20.6. The van der Waals surface area contributed by atoms with Gasteiger partial charge in [0.2, 0.25) is 0 Å². The Labute approximate surface area is 197 Å². The molecule has 1 aliphatic rings. The number of guanidine groups is 1. The molecule has 1 atom stereocenters. The van der Waals surface area contributed by atoms with E-state index in [0.29, 0.717) is 5.92 Å². The molecule has 2 heterocycles. The lowest BCUT2D eigenvalue weighted by Gasteiger charge is -2.34. The summed E-state index contributed by atoms with van der Waals surface area (Å²) in [5.74, 6) is 1.48. The van der Waals surface area contributed by atoms with Crippen LogP contribution in [0.4, 0.5) is 0 Å². The number of benzene rings is 1. The molecule has 1 aliphatic heterocycles. The summed E-state index contributed by atoms with van der Waals surface area (Å²) < 4.78 is 7.85. The van der Waals surface area contributed by atoms with Crippen LogP contribution in [0.15, 0.2) is 47.7 Å². The maximum absolute atomic E-state index is 5.92. The Morgan fingerprint density at radius 1 is 1.27 bits per heavy atom. The van der Waals surface area contributed by atoms with E-state index in [1.165, 1.54) is 11.1 Å². The maximum atomic E-state index is 5.92. The smallest absolute Gasteiger partial charge is 0.191 e. The second-order valence-corrected chi connectivity index (χ2v) is 7.98. The Morgan fingerprint density at radius 3 is 2.83 bits per heavy atom. The summed E-state index contributed by atoms with van der Waals surface area (Å²) in [5.41, 5.74) is 2.45. The van der Waals surface area contributed by atoms with Crippen LogP contribution in [0, 0.1) is 5.92 Å².